The first-order valence-electron chi connectivity index (χ1n) is 4.99. The maximum atomic E-state index is 10.9. The second-order valence-electron chi connectivity index (χ2n) is 3.72. The number of carbonyl (C=O) groups is 1. The lowest BCUT2D eigenvalue weighted by molar-refractivity contribution is 0.0696. The van der Waals surface area contributed by atoms with Gasteiger partial charge in [-0.15, -0.1) is 12.4 Å². The van der Waals surface area contributed by atoms with Crippen molar-refractivity contribution in [3.05, 3.63) is 28.8 Å². The SMILES string of the molecule is Cc1cc(C(=O)O)cc([C@H](N)CCN)c1O.Cl. The summed E-state index contributed by atoms with van der Waals surface area (Å²) in [6.07, 6.45) is 0.496. The van der Waals surface area contributed by atoms with E-state index in [-0.39, 0.29) is 23.7 Å². The first kappa shape index (κ1) is 15.7. The molecule has 1 aromatic rings. The van der Waals surface area contributed by atoms with Gasteiger partial charge in [-0.1, -0.05) is 0 Å². The first-order chi connectivity index (χ1) is 7.47. The molecule has 1 aromatic carbocycles. The lowest BCUT2D eigenvalue weighted by Gasteiger charge is -2.15. The quantitative estimate of drug-likeness (QED) is 0.650. The summed E-state index contributed by atoms with van der Waals surface area (Å²) in [5.74, 6) is -0.991. The van der Waals surface area contributed by atoms with Gasteiger partial charge < -0.3 is 21.7 Å². The van der Waals surface area contributed by atoms with Crippen LogP contribution in [0, 0.1) is 6.92 Å². The largest absolute Gasteiger partial charge is 0.507 e. The maximum absolute atomic E-state index is 10.9. The van der Waals surface area contributed by atoms with Crippen LogP contribution in [0.25, 0.3) is 0 Å². The van der Waals surface area contributed by atoms with Gasteiger partial charge in [-0.3, -0.25) is 0 Å². The molecule has 0 bridgehead atoms. The molecule has 0 radical (unpaired) electrons. The number of phenolic OH excluding ortho intramolecular Hbond substituents is 1. The van der Waals surface area contributed by atoms with E-state index < -0.39 is 12.0 Å². The number of aromatic carboxylic acids is 1. The molecule has 6 N–H and O–H groups in total. The number of rotatable bonds is 4. The fraction of sp³-hybridized carbons (Fsp3) is 0.364. The van der Waals surface area contributed by atoms with Crippen molar-refractivity contribution >= 4 is 18.4 Å². The highest BCUT2D eigenvalue weighted by atomic mass is 35.5. The molecule has 0 saturated heterocycles. The van der Waals surface area contributed by atoms with Crippen LogP contribution in [0.5, 0.6) is 5.75 Å². The number of phenols is 1. The Morgan fingerprint density at radius 3 is 2.53 bits per heavy atom. The van der Waals surface area contributed by atoms with Crippen molar-refractivity contribution in [2.24, 2.45) is 11.5 Å². The van der Waals surface area contributed by atoms with E-state index in [1.165, 1.54) is 12.1 Å². The van der Waals surface area contributed by atoms with E-state index >= 15 is 0 Å². The molecule has 0 heterocycles. The highest BCUT2D eigenvalue weighted by molar-refractivity contribution is 5.88. The minimum absolute atomic E-state index is 0. The van der Waals surface area contributed by atoms with Crippen LogP contribution >= 0.6 is 12.4 Å². The van der Waals surface area contributed by atoms with E-state index in [9.17, 15) is 9.90 Å². The van der Waals surface area contributed by atoms with Crippen molar-refractivity contribution in [2.75, 3.05) is 6.54 Å². The van der Waals surface area contributed by atoms with Crippen LogP contribution in [0.15, 0.2) is 12.1 Å². The zero-order valence-electron chi connectivity index (χ0n) is 9.51. The molecule has 6 heteroatoms. The first-order valence-corrected chi connectivity index (χ1v) is 4.99. The average molecular weight is 261 g/mol. The van der Waals surface area contributed by atoms with Crippen molar-refractivity contribution < 1.29 is 15.0 Å². The lowest BCUT2D eigenvalue weighted by atomic mass is 9.98. The van der Waals surface area contributed by atoms with Gasteiger partial charge >= 0.3 is 5.97 Å². The van der Waals surface area contributed by atoms with E-state index in [1.807, 2.05) is 0 Å². The van der Waals surface area contributed by atoms with Gasteiger partial charge in [0, 0.05) is 11.6 Å². The van der Waals surface area contributed by atoms with Gasteiger partial charge in [0.2, 0.25) is 0 Å². The molecule has 1 rings (SSSR count). The normalized spacial score (nSPS) is 11.7. The Balaban J connectivity index is 0.00000256. The Kier molecular flexibility index (Phi) is 5.95. The van der Waals surface area contributed by atoms with Crippen molar-refractivity contribution in [3.8, 4) is 5.75 Å². The molecule has 1 atom stereocenters. The summed E-state index contributed by atoms with van der Waals surface area (Å²) in [5, 5.41) is 18.7. The molecular formula is C11H17ClN2O3. The second kappa shape index (κ2) is 6.44. The number of carboxylic acid groups (broad SMARTS) is 1. The monoisotopic (exact) mass is 260 g/mol. The zero-order chi connectivity index (χ0) is 12.3. The van der Waals surface area contributed by atoms with Crippen molar-refractivity contribution in [1.29, 1.82) is 0 Å². The Labute approximate surface area is 106 Å². The summed E-state index contributed by atoms with van der Waals surface area (Å²) in [5.41, 5.74) is 12.2. The smallest absolute Gasteiger partial charge is 0.335 e. The molecule has 17 heavy (non-hydrogen) atoms. The van der Waals surface area contributed by atoms with Gasteiger partial charge in [0.25, 0.3) is 0 Å². The number of benzene rings is 1. The molecule has 0 saturated carbocycles. The molecule has 0 amide bonds. The number of hydrogen-bond donors (Lipinski definition) is 4. The summed E-state index contributed by atoms with van der Waals surface area (Å²) in [4.78, 5) is 10.9. The Morgan fingerprint density at radius 1 is 1.47 bits per heavy atom. The standard InChI is InChI=1S/C11H16N2O3.ClH/c1-6-4-7(11(15)16)5-8(10(6)14)9(13)2-3-12;/h4-5,9,14H,2-3,12-13H2,1H3,(H,15,16);1H/t9-;/m1./s1. The van der Waals surface area contributed by atoms with Gasteiger partial charge in [0.15, 0.2) is 0 Å². The van der Waals surface area contributed by atoms with E-state index in [1.54, 1.807) is 6.92 Å². The number of nitrogens with two attached hydrogens (primary N) is 2. The summed E-state index contributed by atoms with van der Waals surface area (Å²) in [6.45, 7) is 2.03. The second-order valence-corrected chi connectivity index (χ2v) is 3.72. The third kappa shape index (κ3) is 3.59. The summed E-state index contributed by atoms with van der Waals surface area (Å²) >= 11 is 0. The Morgan fingerprint density at radius 2 is 2.06 bits per heavy atom. The molecule has 0 aliphatic carbocycles. The van der Waals surface area contributed by atoms with Crippen LogP contribution < -0.4 is 11.5 Å². The number of aromatic hydroxyl groups is 1. The van der Waals surface area contributed by atoms with Crippen molar-refractivity contribution in [1.82, 2.24) is 0 Å². The van der Waals surface area contributed by atoms with Crippen LogP contribution in [-0.2, 0) is 0 Å². The van der Waals surface area contributed by atoms with Crippen LogP contribution in [0.4, 0.5) is 0 Å². The molecular weight excluding hydrogens is 244 g/mol. The number of hydrogen-bond acceptors (Lipinski definition) is 4. The summed E-state index contributed by atoms with van der Waals surface area (Å²) in [6, 6.07) is 2.37. The minimum Gasteiger partial charge on any atom is -0.507 e. The Bertz CT molecular complexity index is 410. The van der Waals surface area contributed by atoms with Crippen LogP contribution in [0.1, 0.15) is 33.9 Å². The maximum Gasteiger partial charge on any atom is 0.335 e. The van der Waals surface area contributed by atoms with Gasteiger partial charge in [-0.25, -0.2) is 4.79 Å². The summed E-state index contributed by atoms with van der Waals surface area (Å²) < 4.78 is 0. The fourth-order valence-electron chi connectivity index (χ4n) is 1.55. The molecule has 0 aromatic heterocycles. The minimum atomic E-state index is -1.04. The van der Waals surface area contributed by atoms with Crippen LogP contribution in [0.2, 0.25) is 0 Å². The molecule has 0 unspecified atom stereocenters. The van der Waals surface area contributed by atoms with Gasteiger partial charge in [-0.05, 0) is 37.6 Å². The number of aryl methyl sites for hydroxylation is 1. The van der Waals surface area contributed by atoms with Gasteiger partial charge in [0.05, 0.1) is 5.56 Å². The average Bonchev–Trinajstić information content (AvgIpc) is 2.21. The lowest BCUT2D eigenvalue weighted by Crippen LogP contribution is -2.16. The number of carboxylic acids is 1. The molecule has 0 spiro atoms. The molecule has 96 valence electrons. The molecule has 0 fully saturated rings. The third-order valence-corrected chi connectivity index (χ3v) is 2.45. The van der Waals surface area contributed by atoms with Crippen LogP contribution in [-0.4, -0.2) is 22.7 Å². The predicted molar refractivity (Wildman–Crippen MR) is 67.7 cm³/mol. The third-order valence-electron chi connectivity index (χ3n) is 2.45. The van der Waals surface area contributed by atoms with Crippen LogP contribution in [0.3, 0.4) is 0 Å². The topological polar surface area (TPSA) is 110 Å². The molecule has 0 aliphatic rings. The van der Waals surface area contributed by atoms with E-state index in [2.05, 4.69) is 0 Å². The highest BCUT2D eigenvalue weighted by Crippen LogP contribution is 2.29. The van der Waals surface area contributed by atoms with Gasteiger partial charge in [-0.2, -0.15) is 0 Å². The van der Waals surface area contributed by atoms with E-state index in [0.29, 0.717) is 24.1 Å². The Hall–Kier alpha value is -1.30. The highest BCUT2D eigenvalue weighted by Gasteiger charge is 2.16. The van der Waals surface area contributed by atoms with Crippen molar-refractivity contribution in [3.63, 3.8) is 0 Å². The van der Waals surface area contributed by atoms with E-state index in [4.69, 9.17) is 16.6 Å². The van der Waals surface area contributed by atoms with E-state index in [0.717, 1.165) is 0 Å². The zero-order valence-corrected chi connectivity index (χ0v) is 10.3. The van der Waals surface area contributed by atoms with Crippen molar-refractivity contribution in [2.45, 2.75) is 19.4 Å². The predicted octanol–water partition coefficient (Wildman–Crippen LogP) is 1.17. The fourth-order valence-corrected chi connectivity index (χ4v) is 1.55. The van der Waals surface area contributed by atoms with Gasteiger partial charge in [0.1, 0.15) is 5.75 Å². The molecule has 5 nitrogen and oxygen atoms in total. The summed E-state index contributed by atoms with van der Waals surface area (Å²) in [7, 11) is 0. The number of halogens is 1. The molecule has 0 aliphatic heterocycles.